The number of fused-ring (bicyclic) bond motifs is 1. The van der Waals surface area contributed by atoms with Gasteiger partial charge in [0.2, 0.25) is 4.80 Å². The molecule has 4 rings (SSSR count). The monoisotopic (exact) mass is 338 g/mol. The van der Waals surface area contributed by atoms with Crippen LogP contribution in [0.1, 0.15) is 0 Å². The van der Waals surface area contributed by atoms with Crippen LogP contribution in [0.4, 0.5) is 5.69 Å². The van der Waals surface area contributed by atoms with Crippen LogP contribution in [0, 0.1) is 0 Å². The highest BCUT2D eigenvalue weighted by Gasteiger charge is 2.16. The quantitative estimate of drug-likeness (QED) is 0.581. The van der Waals surface area contributed by atoms with E-state index in [0.29, 0.717) is 10.5 Å². The van der Waals surface area contributed by atoms with Gasteiger partial charge >= 0.3 is 0 Å². The Hall–Kier alpha value is -3.06. The molecule has 7 heteroatoms. The molecular formula is C17H14N4O2S. The van der Waals surface area contributed by atoms with Crippen LogP contribution in [0.3, 0.4) is 0 Å². The number of hydrogen-bond donors (Lipinski definition) is 1. The fourth-order valence-corrected chi connectivity index (χ4v) is 3.36. The van der Waals surface area contributed by atoms with E-state index in [1.807, 2.05) is 54.6 Å². The van der Waals surface area contributed by atoms with E-state index >= 15 is 0 Å². The molecule has 0 radical (unpaired) electrons. The number of aromatic nitrogens is 2. The third-order valence-electron chi connectivity index (χ3n) is 3.60. The maximum atomic E-state index is 6.11. The number of methoxy groups -OCH3 is 1. The zero-order valence-electron chi connectivity index (χ0n) is 12.8. The van der Waals surface area contributed by atoms with Crippen molar-refractivity contribution in [1.29, 1.82) is 0 Å². The van der Waals surface area contributed by atoms with Crippen molar-refractivity contribution in [3.63, 3.8) is 0 Å². The van der Waals surface area contributed by atoms with Crippen LogP contribution in [-0.2, 0) is 0 Å². The second-order valence-corrected chi connectivity index (χ2v) is 6.07. The first-order valence-corrected chi connectivity index (χ1v) is 8.08. The lowest BCUT2D eigenvalue weighted by Crippen LogP contribution is -2.22. The zero-order chi connectivity index (χ0) is 16.5. The van der Waals surface area contributed by atoms with Crippen molar-refractivity contribution in [2.75, 3.05) is 13.0 Å². The molecule has 0 saturated carbocycles. The number of rotatable bonds is 3. The predicted molar refractivity (Wildman–Crippen MR) is 93.7 cm³/mol. The minimum absolute atomic E-state index is 0.506. The normalized spacial score (nSPS) is 12.0. The highest BCUT2D eigenvalue weighted by atomic mass is 32.1. The summed E-state index contributed by atoms with van der Waals surface area (Å²) in [6, 6.07) is 17.3. The summed E-state index contributed by atoms with van der Waals surface area (Å²) in [4.78, 5) is 5.21. The van der Waals surface area contributed by atoms with Gasteiger partial charge in [-0.1, -0.05) is 46.8 Å². The van der Waals surface area contributed by atoms with Crippen molar-refractivity contribution < 1.29 is 9.26 Å². The van der Waals surface area contributed by atoms with Gasteiger partial charge in [0, 0.05) is 5.56 Å². The maximum absolute atomic E-state index is 6.11. The van der Waals surface area contributed by atoms with Crippen molar-refractivity contribution in [2.24, 2.45) is 4.99 Å². The van der Waals surface area contributed by atoms with Gasteiger partial charge in [-0.05, 0) is 24.3 Å². The average molecular weight is 338 g/mol. The summed E-state index contributed by atoms with van der Waals surface area (Å²) < 4.78 is 12.9. The Labute approximate surface area is 141 Å². The molecule has 0 atom stereocenters. The van der Waals surface area contributed by atoms with E-state index in [-0.39, 0.29) is 0 Å². The minimum atomic E-state index is 0.506. The van der Waals surface area contributed by atoms with Crippen LogP contribution < -0.4 is 15.4 Å². The van der Waals surface area contributed by atoms with Crippen molar-refractivity contribution >= 4 is 27.4 Å². The van der Waals surface area contributed by atoms with Crippen LogP contribution in [0.15, 0.2) is 64.1 Å². The fraction of sp³-hybridized carbons (Fsp3) is 0.0588. The topological polar surface area (TPSA) is 78.6 Å². The van der Waals surface area contributed by atoms with E-state index in [0.717, 1.165) is 27.4 Å². The van der Waals surface area contributed by atoms with Crippen molar-refractivity contribution in [1.82, 2.24) is 9.83 Å². The third kappa shape index (κ3) is 2.44. The molecule has 2 aromatic heterocycles. The van der Waals surface area contributed by atoms with E-state index in [1.54, 1.807) is 7.11 Å². The Morgan fingerprint density at radius 1 is 1.12 bits per heavy atom. The average Bonchev–Trinajstić information content (AvgIpc) is 3.17. The summed E-state index contributed by atoms with van der Waals surface area (Å²) in [7, 11) is 1.63. The lowest BCUT2D eigenvalue weighted by molar-refractivity contribution is 0.415. The molecule has 0 spiro atoms. The molecule has 0 saturated heterocycles. The summed E-state index contributed by atoms with van der Waals surface area (Å²) in [5, 5.41) is 4.13. The van der Waals surface area contributed by atoms with Crippen LogP contribution in [-0.4, -0.2) is 16.9 Å². The molecule has 4 aromatic rings. The predicted octanol–water partition coefficient (Wildman–Crippen LogP) is 3.31. The molecule has 2 N–H and O–H groups in total. The molecule has 0 amide bonds. The third-order valence-corrected chi connectivity index (χ3v) is 4.64. The first-order valence-electron chi connectivity index (χ1n) is 7.27. The molecule has 0 aliphatic heterocycles. The second kappa shape index (κ2) is 5.86. The lowest BCUT2D eigenvalue weighted by atomic mass is 10.2. The molecular weight excluding hydrogens is 324 g/mol. The molecule has 2 heterocycles. The number of nitrogens with two attached hydrogens (primary N) is 1. The summed E-state index contributed by atoms with van der Waals surface area (Å²) in [6.45, 7) is 0. The SMILES string of the molecule is COc1ccc(N=c2sc3c(-c4ccccc4)noc3n2N)cc1. The van der Waals surface area contributed by atoms with Gasteiger partial charge in [0.15, 0.2) is 0 Å². The van der Waals surface area contributed by atoms with E-state index < -0.39 is 0 Å². The van der Waals surface area contributed by atoms with Crippen LogP contribution in [0.2, 0.25) is 0 Å². The van der Waals surface area contributed by atoms with E-state index in [9.17, 15) is 0 Å². The van der Waals surface area contributed by atoms with Gasteiger partial charge in [0.25, 0.3) is 5.71 Å². The largest absolute Gasteiger partial charge is 0.497 e. The number of ether oxygens (including phenoxy) is 1. The number of thiazole rings is 1. The van der Waals surface area contributed by atoms with E-state index in [4.69, 9.17) is 15.1 Å². The number of hydrogen-bond acceptors (Lipinski definition) is 6. The van der Waals surface area contributed by atoms with Gasteiger partial charge in [0.1, 0.15) is 16.1 Å². The molecule has 2 aromatic carbocycles. The molecule has 0 fully saturated rings. The summed E-state index contributed by atoms with van der Waals surface area (Å²) >= 11 is 1.44. The van der Waals surface area contributed by atoms with Crippen molar-refractivity contribution in [3.05, 3.63) is 59.4 Å². The number of nitrogen functional groups attached to an aromatic ring is 1. The standard InChI is InChI=1S/C17H14N4O2S/c1-22-13-9-7-12(8-10-13)19-17-21(18)16-15(24-17)14(20-23-16)11-5-3-2-4-6-11/h2-10H,18H2,1H3. The van der Waals surface area contributed by atoms with Gasteiger partial charge in [-0.2, -0.15) is 4.68 Å². The van der Waals surface area contributed by atoms with Crippen LogP contribution >= 0.6 is 11.3 Å². The number of benzene rings is 2. The molecule has 0 bridgehead atoms. The smallest absolute Gasteiger partial charge is 0.270 e. The summed E-state index contributed by atoms with van der Waals surface area (Å²) in [5.41, 5.74) is 3.04. The van der Waals surface area contributed by atoms with E-state index in [2.05, 4.69) is 10.1 Å². The molecule has 0 unspecified atom stereocenters. The first kappa shape index (κ1) is 14.5. The molecule has 24 heavy (non-hydrogen) atoms. The van der Waals surface area contributed by atoms with Gasteiger partial charge in [0.05, 0.1) is 12.8 Å². The zero-order valence-corrected chi connectivity index (χ0v) is 13.7. The Bertz CT molecular complexity index is 1050. The summed E-state index contributed by atoms with van der Waals surface area (Å²) in [6.07, 6.45) is 0. The lowest BCUT2D eigenvalue weighted by Gasteiger charge is -1.98. The van der Waals surface area contributed by atoms with Gasteiger partial charge < -0.3 is 15.1 Å². The number of nitrogens with zero attached hydrogens (tertiary/aromatic N) is 3. The first-order chi connectivity index (χ1) is 11.8. The Balaban J connectivity index is 1.83. The highest BCUT2D eigenvalue weighted by molar-refractivity contribution is 7.16. The van der Waals surface area contributed by atoms with Crippen LogP contribution in [0.25, 0.3) is 21.7 Å². The molecule has 0 aliphatic rings. The van der Waals surface area contributed by atoms with Crippen molar-refractivity contribution in [2.45, 2.75) is 0 Å². The highest BCUT2D eigenvalue weighted by Crippen LogP contribution is 2.29. The van der Waals surface area contributed by atoms with Crippen molar-refractivity contribution in [3.8, 4) is 17.0 Å². The summed E-state index contributed by atoms with van der Waals surface area (Å²) in [5.74, 6) is 6.89. The van der Waals surface area contributed by atoms with E-state index in [1.165, 1.54) is 16.0 Å². The molecule has 0 aliphatic carbocycles. The second-order valence-electron chi connectivity index (χ2n) is 5.10. The van der Waals surface area contributed by atoms with Gasteiger partial charge in [-0.25, -0.2) is 4.99 Å². The van der Waals surface area contributed by atoms with Crippen LogP contribution in [0.5, 0.6) is 5.75 Å². The fourth-order valence-electron chi connectivity index (χ4n) is 2.37. The van der Waals surface area contributed by atoms with Gasteiger partial charge in [-0.3, -0.25) is 0 Å². The minimum Gasteiger partial charge on any atom is -0.497 e. The molecule has 120 valence electrons. The van der Waals surface area contributed by atoms with Gasteiger partial charge in [-0.15, -0.1) is 0 Å². The Morgan fingerprint density at radius 3 is 2.58 bits per heavy atom. The Kier molecular flexibility index (Phi) is 3.55. The maximum Gasteiger partial charge on any atom is 0.270 e. The Morgan fingerprint density at radius 2 is 1.88 bits per heavy atom. The molecule has 6 nitrogen and oxygen atoms in total.